The SMILES string of the molecule is CNC(C)Cc1noc(CCOc2cccc(Br)c2)n1. The fourth-order valence-corrected chi connectivity index (χ4v) is 2.04. The van der Waals surface area contributed by atoms with E-state index in [0.717, 1.165) is 22.5 Å². The highest BCUT2D eigenvalue weighted by Crippen LogP contribution is 2.17. The Morgan fingerprint density at radius 3 is 3.05 bits per heavy atom. The molecule has 6 heteroatoms. The molecule has 1 N–H and O–H groups in total. The topological polar surface area (TPSA) is 60.2 Å². The van der Waals surface area contributed by atoms with Gasteiger partial charge < -0.3 is 14.6 Å². The number of rotatable bonds is 7. The zero-order valence-corrected chi connectivity index (χ0v) is 13.2. The van der Waals surface area contributed by atoms with Gasteiger partial charge in [-0.15, -0.1) is 0 Å². The van der Waals surface area contributed by atoms with E-state index in [1.807, 2.05) is 31.3 Å². The second-order valence-corrected chi connectivity index (χ2v) is 5.47. The fourth-order valence-electron chi connectivity index (χ4n) is 1.66. The number of nitrogens with zero attached hydrogens (tertiary/aromatic N) is 2. The van der Waals surface area contributed by atoms with Gasteiger partial charge in [-0.05, 0) is 32.2 Å². The van der Waals surface area contributed by atoms with Gasteiger partial charge in [0.15, 0.2) is 5.82 Å². The lowest BCUT2D eigenvalue weighted by molar-refractivity contribution is 0.291. The molecule has 0 saturated heterocycles. The van der Waals surface area contributed by atoms with Crippen LogP contribution in [0.15, 0.2) is 33.3 Å². The zero-order valence-electron chi connectivity index (χ0n) is 11.6. The van der Waals surface area contributed by atoms with E-state index < -0.39 is 0 Å². The lowest BCUT2D eigenvalue weighted by Crippen LogP contribution is -2.24. The molecule has 2 aromatic rings. The first-order valence-corrected chi connectivity index (χ1v) is 7.34. The fraction of sp³-hybridized carbons (Fsp3) is 0.429. The highest BCUT2D eigenvalue weighted by atomic mass is 79.9. The third kappa shape index (κ3) is 4.61. The number of hydrogen-bond acceptors (Lipinski definition) is 5. The van der Waals surface area contributed by atoms with Gasteiger partial charge in [0, 0.05) is 16.9 Å². The molecule has 0 saturated carbocycles. The van der Waals surface area contributed by atoms with Gasteiger partial charge >= 0.3 is 0 Å². The van der Waals surface area contributed by atoms with E-state index in [4.69, 9.17) is 9.26 Å². The van der Waals surface area contributed by atoms with Crippen molar-refractivity contribution in [3.8, 4) is 5.75 Å². The van der Waals surface area contributed by atoms with Crippen LogP contribution in [0.1, 0.15) is 18.6 Å². The summed E-state index contributed by atoms with van der Waals surface area (Å²) in [6.45, 7) is 2.59. The Kier molecular flexibility index (Phi) is 5.55. The molecule has 1 aromatic heterocycles. The molecule has 1 aromatic carbocycles. The average Bonchev–Trinajstić information content (AvgIpc) is 2.86. The molecule has 0 spiro atoms. The molecule has 0 fully saturated rings. The number of aromatic nitrogens is 2. The predicted octanol–water partition coefficient (Wildman–Crippen LogP) is 2.60. The third-order valence-corrected chi connectivity index (χ3v) is 3.37. The summed E-state index contributed by atoms with van der Waals surface area (Å²) in [6.07, 6.45) is 1.36. The monoisotopic (exact) mass is 339 g/mol. The van der Waals surface area contributed by atoms with Crippen LogP contribution in [0.2, 0.25) is 0 Å². The molecule has 0 aliphatic heterocycles. The summed E-state index contributed by atoms with van der Waals surface area (Å²) in [7, 11) is 1.91. The minimum atomic E-state index is 0.332. The van der Waals surface area contributed by atoms with Gasteiger partial charge in [0.25, 0.3) is 0 Å². The van der Waals surface area contributed by atoms with E-state index in [9.17, 15) is 0 Å². The summed E-state index contributed by atoms with van der Waals surface area (Å²) in [5.41, 5.74) is 0. The van der Waals surface area contributed by atoms with Crippen LogP contribution in [0, 0.1) is 0 Å². The number of hydrogen-bond donors (Lipinski definition) is 1. The van der Waals surface area contributed by atoms with Crippen LogP contribution in [0.25, 0.3) is 0 Å². The summed E-state index contributed by atoms with van der Waals surface area (Å²) < 4.78 is 11.8. The first-order valence-electron chi connectivity index (χ1n) is 6.54. The zero-order chi connectivity index (χ0) is 14.4. The van der Waals surface area contributed by atoms with Crippen molar-refractivity contribution in [2.24, 2.45) is 0 Å². The highest BCUT2D eigenvalue weighted by Gasteiger charge is 2.09. The van der Waals surface area contributed by atoms with E-state index in [1.54, 1.807) is 0 Å². The van der Waals surface area contributed by atoms with Gasteiger partial charge in [-0.1, -0.05) is 27.2 Å². The molecule has 0 aliphatic rings. The minimum Gasteiger partial charge on any atom is -0.493 e. The second-order valence-electron chi connectivity index (χ2n) is 4.55. The summed E-state index contributed by atoms with van der Waals surface area (Å²) in [4.78, 5) is 4.34. The normalized spacial score (nSPS) is 12.3. The lowest BCUT2D eigenvalue weighted by atomic mass is 10.2. The maximum atomic E-state index is 5.63. The van der Waals surface area contributed by atoms with Gasteiger partial charge in [0.05, 0.1) is 13.0 Å². The number of benzene rings is 1. The summed E-state index contributed by atoms with van der Waals surface area (Å²) in [6, 6.07) is 8.06. The Balaban J connectivity index is 1.79. The first-order chi connectivity index (χ1) is 9.67. The Labute approximate surface area is 126 Å². The summed E-state index contributed by atoms with van der Waals surface area (Å²) in [5, 5.41) is 7.10. The molecule has 108 valence electrons. The molecule has 0 radical (unpaired) electrons. The number of likely N-dealkylation sites (N-methyl/N-ethyl adjacent to an activating group) is 1. The van der Waals surface area contributed by atoms with Crippen molar-refractivity contribution in [1.29, 1.82) is 0 Å². The molecule has 0 amide bonds. The highest BCUT2D eigenvalue weighted by molar-refractivity contribution is 9.10. The third-order valence-electron chi connectivity index (χ3n) is 2.87. The maximum Gasteiger partial charge on any atom is 0.230 e. The van der Waals surface area contributed by atoms with Crippen LogP contribution in [0.3, 0.4) is 0 Å². The Bertz CT molecular complexity index is 545. The van der Waals surface area contributed by atoms with Gasteiger partial charge in [0.1, 0.15) is 5.75 Å². The van der Waals surface area contributed by atoms with Crippen molar-refractivity contribution in [3.63, 3.8) is 0 Å². The maximum absolute atomic E-state index is 5.63. The second kappa shape index (κ2) is 7.40. The van der Waals surface area contributed by atoms with Crippen LogP contribution in [0.4, 0.5) is 0 Å². The standard InChI is InChI=1S/C14H18BrN3O2/c1-10(16-2)8-13-17-14(20-18-13)6-7-19-12-5-3-4-11(15)9-12/h3-5,9-10,16H,6-8H2,1-2H3. The van der Waals surface area contributed by atoms with Gasteiger partial charge in [0.2, 0.25) is 5.89 Å². The van der Waals surface area contributed by atoms with Crippen LogP contribution < -0.4 is 10.1 Å². The van der Waals surface area contributed by atoms with Crippen LogP contribution in [-0.4, -0.2) is 29.8 Å². The van der Waals surface area contributed by atoms with Crippen molar-refractivity contribution < 1.29 is 9.26 Å². The van der Waals surface area contributed by atoms with Gasteiger partial charge in [-0.2, -0.15) is 4.98 Å². The smallest absolute Gasteiger partial charge is 0.230 e. The molecule has 2 rings (SSSR count). The molecule has 1 unspecified atom stereocenters. The van der Waals surface area contributed by atoms with Crippen LogP contribution in [-0.2, 0) is 12.8 Å². The molecule has 5 nitrogen and oxygen atoms in total. The molecule has 0 bridgehead atoms. The van der Waals surface area contributed by atoms with E-state index in [2.05, 4.69) is 38.3 Å². The first kappa shape index (κ1) is 15.0. The van der Waals surface area contributed by atoms with E-state index >= 15 is 0 Å². The minimum absolute atomic E-state index is 0.332. The Morgan fingerprint density at radius 2 is 2.30 bits per heavy atom. The molecular formula is C14H18BrN3O2. The molecule has 1 heterocycles. The van der Waals surface area contributed by atoms with Gasteiger partial charge in [-0.3, -0.25) is 0 Å². The van der Waals surface area contributed by atoms with E-state index in [-0.39, 0.29) is 0 Å². The number of halogens is 1. The van der Waals surface area contributed by atoms with Crippen molar-refractivity contribution in [2.75, 3.05) is 13.7 Å². The van der Waals surface area contributed by atoms with Crippen molar-refractivity contribution in [3.05, 3.63) is 40.5 Å². The van der Waals surface area contributed by atoms with Crippen LogP contribution in [0.5, 0.6) is 5.75 Å². The predicted molar refractivity (Wildman–Crippen MR) is 79.9 cm³/mol. The van der Waals surface area contributed by atoms with Crippen molar-refractivity contribution >= 4 is 15.9 Å². The Morgan fingerprint density at radius 1 is 1.45 bits per heavy atom. The lowest BCUT2D eigenvalue weighted by Gasteiger charge is -2.05. The largest absolute Gasteiger partial charge is 0.493 e. The average molecular weight is 340 g/mol. The summed E-state index contributed by atoms with van der Waals surface area (Å²) >= 11 is 3.41. The molecule has 20 heavy (non-hydrogen) atoms. The molecular weight excluding hydrogens is 322 g/mol. The number of ether oxygens (including phenoxy) is 1. The Hall–Kier alpha value is -1.40. The molecule has 1 atom stereocenters. The van der Waals surface area contributed by atoms with E-state index in [0.29, 0.717) is 25.0 Å². The van der Waals surface area contributed by atoms with E-state index in [1.165, 1.54) is 0 Å². The van der Waals surface area contributed by atoms with Crippen molar-refractivity contribution in [1.82, 2.24) is 15.5 Å². The van der Waals surface area contributed by atoms with Crippen molar-refractivity contribution in [2.45, 2.75) is 25.8 Å². The van der Waals surface area contributed by atoms with Crippen LogP contribution >= 0.6 is 15.9 Å². The quantitative estimate of drug-likeness (QED) is 0.840. The number of nitrogens with one attached hydrogen (secondary N) is 1. The molecule has 0 aliphatic carbocycles. The summed E-state index contributed by atoms with van der Waals surface area (Å²) in [5.74, 6) is 2.16. The van der Waals surface area contributed by atoms with Gasteiger partial charge in [-0.25, -0.2) is 0 Å².